The van der Waals surface area contributed by atoms with Crippen LogP contribution in [0.3, 0.4) is 0 Å². The van der Waals surface area contributed by atoms with Crippen LogP contribution in [0, 0.1) is 11.8 Å². The monoisotopic (exact) mass is 268 g/mol. The zero-order chi connectivity index (χ0) is 13.7. The number of nitrogens with zero attached hydrogens (tertiary/aromatic N) is 1. The first-order valence-electron chi connectivity index (χ1n) is 8.21. The van der Waals surface area contributed by atoms with E-state index in [0.717, 1.165) is 38.1 Å². The minimum atomic E-state index is 0.386. The van der Waals surface area contributed by atoms with Crippen molar-refractivity contribution in [2.45, 2.75) is 58.6 Å². The van der Waals surface area contributed by atoms with Crippen LogP contribution in [0.25, 0.3) is 0 Å². The van der Waals surface area contributed by atoms with Gasteiger partial charge in [-0.2, -0.15) is 0 Å². The van der Waals surface area contributed by atoms with Gasteiger partial charge in [0, 0.05) is 25.7 Å². The Morgan fingerprint density at radius 1 is 1.26 bits per heavy atom. The summed E-state index contributed by atoms with van der Waals surface area (Å²) in [6, 6.07) is 0.644. The van der Waals surface area contributed by atoms with E-state index in [2.05, 4.69) is 31.0 Å². The van der Waals surface area contributed by atoms with Gasteiger partial charge in [0.05, 0.1) is 12.7 Å². The topological polar surface area (TPSA) is 24.5 Å². The summed E-state index contributed by atoms with van der Waals surface area (Å²) in [6.45, 7) is 12.2. The fourth-order valence-electron chi connectivity index (χ4n) is 3.53. The summed E-state index contributed by atoms with van der Waals surface area (Å²) in [6.07, 6.45) is 6.08. The van der Waals surface area contributed by atoms with Crippen LogP contribution < -0.4 is 5.32 Å². The molecule has 0 aromatic rings. The molecule has 1 N–H and O–H groups in total. The Hall–Kier alpha value is -0.120. The second kappa shape index (κ2) is 7.61. The molecule has 0 radical (unpaired) electrons. The predicted molar refractivity (Wildman–Crippen MR) is 80.4 cm³/mol. The highest BCUT2D eigenvalue weighted by Gasteiger charge is 2.23. The first-order valence-corrected chi connectivity index (χ1v) is 8.21. The molecule has 0 bridgehead atoms. The van der Waals surface area contributed by atoms with Crippen LogP contribution in [0.4, 0.5) is 0 Å². The molecule has 1 saturated heterocycles. The molecule has 0 aromatic heterocycles. The van der Waals surface area contributed by atoms with Gasteiger partial charge in [-0.1, -0.05) is 19.8 Å². The maximum atomic E-state index is 5.86. The van der Waals surface area contributed by atoms with Gasteiger partial charge in [0.1, 0.15) is 0 Å². The molecular weight excluding hydrogens is 236 g/mol. The van der Waals surface area contributed by atoms with Crippen molar-refractivity contribution in [2.24, 2.45) is 11.8 Å². The second-order valence-corrected chi connectivity index (χ2v) is 6.88. The van der Waals surface area contributed by atoms with Crippen molar-refractivity contribution >= 4 is 0 Å². The smallest absolute Gasteiger partial charge is 0.0826 e. The molecule has 3 unspecified atom stereocenters. The van der Waals surface area contributed by atoms with Crippen LogP contribution in [0.5, 0.6) is 0 Å². The van der Waals surface area contributed by atoms with Crippen molar-refractivity contribution < 1.29 is 4.74 Å². The third kappa shape index (κ3) is 5.05. The number of hydrogen-bond donors (Lipinski definition) is 1. The zero-order valence-electron chi connectivity index (χ0n) is 13.0. The molecule has 0 spiro atoms. The summed E-state index contributed by atoms with van der Waals surface area (Å²) in [5, 5.41) is 3.65. The Balaban J connectivity index is 1.62. The van der Waals surface area contributed by atoms with Crippen molar-refractivity contribution in [1.82, 2.24) is 10.2 Å². The summed E-state index contributed by atoms with van der Waals surface area (Å²) in [4.78, 5) is 2.53. The molecule has 1 saturated carbocycles. The lowest BCUT2D eigenvalue weighted by Crippen LogP contribution is -2.49. The molecule has 2 aliphatic rings. The van der Waals surface area contributed by atoms with E-state index in [0.29, 0.717) is 12.1 Å². The summed E-state index contributed by atoms with van der Waals surface area (Å²) in [5.74, 6) is 1.83. The van der Waals surface area contributed by atoms with E-state index >= 15 is 0 Å². The van der Waals surface area contributed by atoms with Crippen molar-refractivity contribution in [3.63, 3.8) is 0 Å². The van der Waals surface area contributed by atoms with E-state index in [1.165, 1.54) is 32.2 Å². The molecule has 1 heterocycles. The quantitative estimate of drug-likeness (QED) is 0.829. The summed E-state index contributed by atoms with van der Waals surface area (Å²) in [5.41, 5.74) is 0. The van der Waals surface area contributed by atoms with E-state index in [1.807, 2.05) is 0 Å². The second-order valence-electron chi connectivity index (χ2n) is 6.88. The van der Waals surface area contributed by atoms with Crippen molar-refractivity contribution in [1.29, 1.82) is 0 Å². The summed E-state index contributed by atoms with van der Waals surface area (Å²) < 4.78 is 5.86. The molecule has 3 atom stereocenters. The molecule has 0 aromatic carbocycles. The van der Waals surface area contributed by atoms with Crippen LogP contribution in [-0.4, -0.2) is 49.8 Å². The molecular formula is C16H32N2O. The van der Waals surface area contributed by atoms with Crippen LogP contribution in [0.2, 0.25) is 0 Å². The van der Waals surface area contributed by atoms with Crippen molar-refractivity contribution in [3.05, 3.63) is 0 Å². The lowest BCUT2D eigenvalue weighted by atomic mass is 9.82. The Labute approximate surface area is 119 Å². The zero-order valence-corrected chi connectivity index (χ0v) is 13.0. The van der Waals surface area contributed by atoms with Crippen LogP contribution in [0.15, 0.2) is 0 Å². The summed E-state index contributed by atoms with van der Waals surface area (Å²) in [7, 11) is 0. The van der Waals surface area contributed by atoms with Gasteiger partial charge in [-0.15, -0.1) is 0 Å². The molecule has 0 amide bonds. The Bertz CT molecular complexity index is 257. The lowest BCUT2D eigenvalue weighted by molar-refractivity contribution is -0.0375. The Morgan fingerprint density at radius 2 is 2.11 bits per heavy atom. The Morgan fingerprint density at radius 3 is 2.84 bits per heavy atom. The first-order chi connectivity index (χ1) is 9.15. The van der Waals surface area contributed by atoms with E-state index in [9.17, 15) is 0 Å². The van der Waals surface area contributed by atoms with Crippen LogP contribution in [-0.2, 0) is 4.74 Å². The predicted octanol–water partition coefficient (Wildman–Crippen LogP) is 2.51. The largest absolute Gasteiger partial charge is 0.374 e. The van der Waals surface area contributed by atoms with Gasteiger partial charge in [-0.3, -0.25) is 4.90 Å². The van der Waals surface area contributed by atoms with Crippen molar-refractivity contribution in [2.75, 3.05) is 32.8 Å². The van der Waals surface area contributed by atoms with E-state index in [4.69, 9.17) is 4.74 Å². The average Bonchev–Trinajstić information content (AvgIpc) is 2.39. The maximum Gasteiger partial charge on any atom is 0.0826 e. The van der Waals surface area contributed by atoms with E-state index in [1.54, 1.807) is 0 Å². The SMILES string of the molecule is CC1CCCC(CNCC2CN(C(C)C)CCO2)C1. The lowest BCUT2D eigenvalue weighted by Gasteiger charge is -2.36. The van der Waals surface area contributed by atoms with Gasteiger partial charge in [-0.05, 0) is 45.1 Å². The first kappa shape index (κ1) is 15.3. The van der Waals surface area contributed by atoms with Gasteiger partial charge in [0.15, 0.2) is 0 Å². The van der Waals surface area contributed by atoms with Gasteiger partial charge in [0.25, 0.3) is 0 Å². The minimum Gasteiger partial charge on any atom is -0.374 e. The fourth-order valence-corrected chi connectivity index (χ4v) is 3.53. The molecule has 3 nitrogen and oxygen atoms in total. The number of rotatable bonds is 5. The highest BCUT2D eigenvalue weighted by atomic mass is 16.5. The maximum absolute atomic E-state index is 5.86. The number of morpholine rings is 1. The minimum absolute atomic E-state index is 0.386. The van der Waals surface area contributed by atoms with E-state index in [-0.39, 0.29) is 0 Å². The number of ether oxygens (including phenoxy) is 1. The standard InChI is InChI=1S/C16H32N2O/c1-13(2)18-7-8-19-16(12-18)11-17-10-15-6-4-5-14(3)9-15/h13-17H,4-12H2,1-3H3. The molecule has 3 heteroatoms. The Kier molecular flexibility index (Phi) is 6.11. The fraction of sp³-hybridized carbons (Fsp3) is 1.00. The van der Waals surface area contributed by atoms with Gasteiger partial charge in [0.2, 0.25) is 0 Å². The number of nitrogens with one attached hydrogen (secondary N) is 1. The third-order valence-corrected chi connectivity index (χ3v) is 4.75. The molecule has 1 aliphatic heterocycles. The molecule has 1 aliphatic carbocycles. The van der Waals surface area contributed by atoms with Crippen LogP contribution in [0.1, 0.15) is 46.5 Å². The highest BCUT2D eigenvalue weighted by molar-refractivity contribution is 4.77. The highest BCUT2D eigenvalue weighted by Crippen LogP contribution is 2.27. The molecule has 2 fully saturated rings. The average molecular weight is 268 g/mol. The van der Waals surface area contributed by atoms with E-state index < -0.39 is 0 Å². The number of hydrogen-bond acceptors (Lipinski definition) is 3. The van der Waals surface area contributed by atoms with Gasteiger partial charge in [-0.25, -0.2) is 0 Å². The third-order valence-electron chi connectivity index (χ3n) is 4.75. The normalized spacial score (nSPS) is 33.8. The molecule has 19 heavy (non-hydrogen) atoms. The van der Waals surface area contributed by atoms with Gasteiger partial charge < -0.3 is 10.1 Å². The molecule has 2 rings (SSSR count). The van der Waals surface area contributed by atoms with Crippen molar-refractivity contribution in [3.8, 4) is 0 Å². The van der Waals surface area contributed by atoms with Crippen LogP contribution >= 0.6 is 0 Å². The van der Waals surface area contributed by atoms with Gasteiger partial charge >= 0.3 is 0 Å². The molecule has 112 valence electrons. The summed E-state index contributed by atoms with van der Waals surface area (Å²) >= 11 is 0.